The molecule has 0 saturated heterocycles. The van der Waals surface area contributed by atoms with Crippen LogP contribution in [-0.2, 0) is 12.8 Å². The first kappa shape index (κ1) is 13.9. The first-order valence-electron chi connectivity index (χ1n) is 7.67. The molecule has 4 nitrogen and oxygen atoms in total. The monoisotopic (exact) mass is 283 g/mol. The average Bonchev–Trinajstić information content (AvgIpc) is 2.74. The number of hydrogen-bond donors (Lipinski definition) is 1. The SMILES string of the molecule is CCOc1ccccc1-c1nc(N)c2c(n1)CCCCC2. The van der Waals surface area contributed by atoms with Crippen molar-refractivity contribution in [2.45, 2.75) is 39.0 Å². The molecule has 0 unspecified atom stereocenters. The van der Waals surface area contributed by atoms with Gasteiger partial charge >= 0.3 is 0 Å². The molecule has 21 heavy (non-hydrogen) atoms. The highest BCUT2D eigenvalue weighted by Gasteiger charge is 2.17. The fourth-order valence-electron chi connectivity index (χ4n) is 2.85. The minimum absolute atomic E-state index is 0.622. The maximum atomic E-state index is 6.18. The van der Waals surface area contributed by atoms with Gasteiger partial charge in [-0.15, -0.1) is 0 Å². The second kappa shape index (κ2) is 6.12. The Hall–Kier alpha value is -2.10. The Balaban J connectivity index is 2.07. The van der Waals surface area contributed by atoms with Crippen molar-refractivity contribution in [2.75, 3.05) is 12.3 Å². The minimum atomic E-state index is 0.622. The highest BCUT2D eigenvalue weighted by atomic mass is 16.5. The molecule has 1 aliphatic carbocycles. The summed E-state index contributed by atoms with van der Waals surface area (Å²) in [6.07, 6.45) is 5.58. The second-order valence-corrected chi connectivity index (χ2v) is 5.35. The molecule has 1 aromatic carbocycles. The van der Waals surface area contributed by atoms with Gasteiger partial charge in [0.2, 0.25) is 0 Å². The standard InChI is InChI=1S/C17H21N3O/c1-2-21-15-11-7-6-9-13(15)17-19-14-10-5-3-4-8-12(14)16(18)20-17/h6-7,9,11H,2-5,8,10H2,1H3,(H2,18,19,20). The maximum absolute atomic E-state index is 6.18. The number of ether oxygens (including phenoxy) is 1. The van der Waals surface area contributed by atoms with Gasteiger partial charge in [0, 0.05) is 11.3 Å². The number of para-hydroxylation sites is 1. The topological polar surface area (TPSA) is 61.0 Å². The molecular weight excluding hydrogens is 262 g/mol. The Morgan fingerprint density at radius 3 is 2.76 bits per heavy atom. The summed E-state index contributed by atoms with van der Waals surface area (Å²) in [4.78, 5) is 9.30. The number of nitrogens with two attached hydrogens (primary N) is 1. The fourth-order valence-corrected chi connectivity index (χ4v) is 2.85. The summed E-state index contributed by atoms with van der Waals surface area (Å²) >= 11 is 0. The molecule has 1 aliphatic rings. The zero-order chi connectivity index (χ0) is 14.7. The van der Waals surface area contributed by atoms with Crippen LogP contribution in [0.3, 0.4) is 0 Å². The summed E-state index contributed by atoms with van der Waals surface area (Å²) < 4.78 is 5.68. The van der Waals surface area contributed by atoms with Crippen LogP contribution in [0.4, 0.5) is 5.82 Å². The lowest BCUT2D eigenvalue weighted by Gasteiger charge is -2.13. The number of anilines is 1. The largest absolute Gasteiger partial charge is 0.493 e. The highest BCUT2D eigenvalue weighted by molar-refractivity contribution is 5.66. The Kier molecular flexibility index (Phi) is 4.04. The second-order valence-electron chi connectivity index (χ2n) is 5.35. The Morgan fingerprint density at radius 1 is 1.10 bits per heavy atom. The molecular formula is C17H21N3O. The van der Waals surface area contributed by atoms with Crippen LogP contribution >= 0.6 is 0 Å². The lowest BCUT2D eigenvalue weighted by Crippen LogP contribution is -2.07. The minimum Gasteiger partial charge on any atom is -0.493 e. The first-order chi connectivity index (χ1) is 10.3. The quantitative estimate of drug-likeness (QED) is 0.877. The fraction of sp³-hybridized carbons (Fsp3) is 0.412. The van der Waals surface area contributed by atoms with Gasteiger partial charge in [-0.05, 0) is 44.7 Å². The number of nitrogen functional groups attached to an aromatic ring is 1. The first-order valence-corrected chi connectivity index (χ1v) is 7.67. The molecule has 3 rings (SSSR count). The zero-order valence-corrected chi connectivity index (χ0v) is 12.4. The van der Waals surface area contributed by atoms with Gasteiger partial charge < -0.3 is 10.5 Å². The number of aryl methyl sites for hydroxylation is 1. The van der Waals surface area contributed by atoms with E-state index in [-0.39, 0.29) is 0 Å². The Labute approximate surface area is 125 Å². The molecule has 110 valence electrons. The van der Waals surface area contributed by atoms with Crippen LogP contribution < -0.4 is 10.5 Å². The van der Waals surface area contributed by atoms with E-state index in [2.05, 4.69) is 4.98 Å². The number of aromatic nitrogens is 2. The van der Waals surface area contributed by atoms with E-state index >= 15 is 0 Å². The Bertz CT molecular complexity index is 640. The predicted molar refractivity (Wildman–Crippen MR) is 84.3 cm³/mol. The van der Waals surface area contributed by atoms with Crippen LogP contribution in [0.25, 0.3) is 11.4 Å². The van der Waals surface area contributed by atoms with Crippen molar-refractivity contribution in [3.63, 3.8) is 0 Å². The average molecular weight is 283 g/mol. The van der Waals surface area contributed by atoms with E-state index in [0.29, 0.717) is 18.2 Å². The van der Waals surface area contributed by atoms with Crippen LogP contribution in [0.15, 0.2) is 24.3 Å². The van der Waals surface area contributed by atoms with Gasteiger partial charge in [-0.3, -0.25) is 0 Å². The van der Waals surface area contributed by atoms with Crippen LogP contribution in [0.5, 0.6) is 5.75 Å². The number of hydrogen-bond acceptors (Lipinski definition) is 4. The summed E-state index contributed by atoms with van der Waals surface area (Å²) in [6, 6.07) is 7.87. The van der Waals surface area contributed by atoms with E-state index < -0.39 is 0 Å². The summed E-state index contributed by atoms with van der Waals surface area (Å²) in [6.45, 7) is 2.60. The maximum Gasteiger partial charge on any atom is 0.165 e. The summed E-state index contributed by atoms with van der Waals surface area (Å²) in [7, 11) is 0. The Morgan fingerprint density at radius 2 is 1.90 bits per heavy atom. The molecule has 0 bridgehead atoms. The molecule has 0 radical (unpaired) electrons. The van der Waals surface area contributed by atoms with Gasteiger partial charge in [-0.25, -0.2) is 9.97 Å². The molecule has 2 aromatic rings. The van der Waals surface area contributed by atoms with E-state index in [1.807, 2.05) is 31.2 Å². The number of benzene rings is 1. The van der Waals surface area contributed by atoms with Gasteiger partial charge in [0.05, 0.1) is 12.2 Å². The normalized spacial score (nSPS) is 14.3. The van der Waals surface area contributed by atoms with Crippen molar-refractivity contribution in [2.24, 2.45) is 0 Å². The van der Waals surface area contributed by atoms with E-state index in [4.69, 9.17) is 15.5 Å². The highest BCUT2D eigenvalue weighted by Crippen LogP contribution is 2.31. The van der Waals surface area contributed by atoms with Crippen molar-refractivity contribution in [1.29, 1.82) is 0 Å². The zero-order valence-electron chi connectivity index (χ0n) is 12.4. The van der Waals surface area contributed by atoms with Crippen LogP contribution in [0.2, 0.25) is 0 Å². The summed E-state index contributed by atoms with van der Waals surface area (Å²) in [5.41, 5.74) is 9.35. The predicted octanol–water partition coefficient (Wildman–Crippen LogP) is 3.39. The van der Waals surface area contributed by atoms with E-state index in [1.54, 1.807) is 0 Å². The third-order valence-electron chi connectivity index (χ3n) is 3.89. The molecule has 0 spiro atoms. The summed E-state index contributed by atoms with van der Waals surface area (Å²) in [5, 5.41) is 0. The molecule has 0 fully saturated rings. The van der Waals surface area contributed by atoms with Gasteiger partial charge in [0.1, 0.15) is 11.6 Å². The number of nitrogens with zero attached hydrogens (tertiary/aromatic N) is 2. The number of rotatable bonds is 3. The molecule has 1 heterocycles. The van der Waals surface area contributed by atoms with Crippen LogP contribution in [-0.4, -0.2) is 16.6 Å². The van der Waals surface area contributed by atoms with Gasteiger partial charge in [-0.1, -0.05) is 18.6 Å². The van der Waals surface area contributed by atoms with Crippen molar-refractivity contribution in [3.8, 4) is 17.1 Å². The molecule has 1 aromatic heterocycles. The molecule has 0 atom stereocenters. The molecule has 0 amide bonds. The van der Waals surface area contributed by atoms with Crippen molar-refractivity contribution in [3.05, 3.63) is 35.5 Å². The van der Waals surface area contributed by atoms with Gasteiger partial charge in [0.25, 0.3) is 0 Å². The van der Waals surface area contributed by atoms with Crippen molar-refractivity contribution in [1.82, 2.24) is 9.97 Å². The molecule has 0 aliphatic heterocycles. The molecule has 0 saturated carbocycles. The van der Waals surface area contributed by atoms with Crippen LogP contribution in [0.1, 0.15) is 37.4 Å². The smallest absolute Gasteiger partial charge is 0.165 e. The third kappa shape index (κ3) is 2.84. The van der Waals surface area contributed by atoms with E-state index in [9.17, 15) is 0 Å². The molecule has 2 N–H and O–H groups in total. The van der Waals surface area contributed by atoms with Gasteiger partial charge in [-0.2, -0.15) is 0 Å². The molecule has 4 heteroatoms. The van der Waals surface area contributed by atoms with E-state index in [1.165, 1.54) is 19.3 Å². The summed E-state index contributed by atoms with van der Waals surface area (Å²) in [5.74, 6) is 2.12. The lowest BCUT2D eigenvalue weighted by atomic mass is 10.1. The lowest BCUT2D eigenvalue weighted by molar-refractivity contribution is 0.341. The van der Waals surface area contributed by atoms with Crippen LogP contribution in [0, 0.1) is 0 Å². The van der Waals surface area contributed by atoms with E-state index in [0.717, 1.165) is 35.4 Å². The van der Waals surface area contributed by atoms with Crippen molar-refractivity contribution >= 4 is 5.82 Å². The number of fused-ring (bicyclic) bond motifs is 1. The van der Waals surface area contributed by atoms with Gasteiger partial charge in [0.15, 0.2) is 5.82 Å². The van der Waals surface area contributed by atoms with Crippen molar-refractivity contribution < 1.29 is 4.74 Å². The third-order valence-corrected chi connectivity index (χ3v) is 3.89.